The summed E-state index contributed by atoms with van der Waals surface area (Å²) in [6.45, 7) is 2.00. The lowest BCUT2D eigenvalue weighted by molar-refractivity contribution is 0.104. The maximum atomic E-state index is 11.5. The smallest absolute Gasteiger partial charge is 0.420 e. The molecule has 5 heteroatoms. The summed E-state index contributed by atoms with van der Waals surface area (Å²) >= 11 is 0. The first-order valence-corrected chi connectivity index (χ1v) is 5.40. The van der Waals surface area contributed by atoms with Gasteiger partial charge >= 0.3 is 12.2 Å². The van der Waals surface area contributed by atoms with Gasteiger partial charge in [-0.3, -0.25) is 0 Å². The SMILES string of the molecule is CCOC(=O)N1C(=O)OC2CCCCC21. The summed E-state index contributed by atoms with van der Waals surface area (Å²) in [4.78, 5) is 24.1. The largest absolute Gasteiger partial charge is 0.449 e. The Labute approximate surface area is 88.3 Å². The van der Waals surface area contributed by atoms with Gasteiger partial charge in [0.25, 0.3) is 0 Å². The van der Waals surface area contributed by atoms with E-state index in [1.807, 2.05) is 0 Å². The van der Waals surface area contributed by atoms with Gasteiger partial charge in [-0.2, -0.15) is 0 Å². The molecule has 2 rings (SSSR count). The molecule has 5 nitrogen and oxygen atoms in total. The normalized spacial score (nSPS) is 29.7. The number of nitrogens with zero attached hydrogens (tertiary/aromatic N) is 1. The van der Waals surface area contributed by atoms with Crippen molar-refractivity contribution in [3.8, 4) is 0 Å². The number of fused-ring (bicyclic) bond motifs is 1. The fourth-order valence-corrected chi connectivity index (χ4v) is 2.23. The summed E-state index contributed by atoms with van der Waals surface area (Å²) in [6, 6.07) is -0.106. The van der Waals surface area contributed by atoms with Crippen molar-refractivity contribution < 1.29 is 19.1 Å². The van der Waals surface area contributed by atoms with Gasteiger partial charge in [0.05, 0.1) is 12.6 Å². The molecule has 15 heavy (non-hydrogen) atoms. The van der Waals surface area contributed by atoms with Crippen molar-refractivity contribution in [1.82, 2.24) is 4.90 Å². The van der Waals surface area contributed by atoms with Gasteiger partial charge in [-0.25, -0.2) is 14.5 Å². The van der Waals surface area contributed by atoms with E-state index in [1.54, 1.807) is 6.92 Å². The fraction of sp³-hybridized carbons (Fsp3) is 0.800. The molecule has 2 amide bonds. The van der Waals surface area contributed by atoms with Crippen molar-refractivity contribution >= 4 is 12.2 Å². The standard InChI is InChI=1S/C10H15NO4/c1-2-14-9(12)11-7-5-3-4-6-8(7)15-10(11)13/h7-8H,2-6H2,1H3. The summed E-state index contributed by atoms with van der Waals surface area (Å²) in [5, 5.41) is 0. The van der Waals surface area contributed by atoms with Crippen molar-refractivity contribution in [1.29, 1.82) is 0 Å². The lowest BCUT2D eigenvalue weighted by Gasteiger charge is -2.25. The summed E-state index contributed by atoms with van der Waals surface area (Å²) < 4.78 is 9.96. The van der Waals surface area contributed by atoms with E-state index in [-0.39, 0.29) is 18.8 Å². The molecule has 2 fully saturated rings. The van der Waals surface area contributed by atoms with Crippen molar-refractivity contribution in [2.45, 2.75) is 44.8 Å². The Hall–Kier alpha value is -1.26. The third-order valence-electron chi connectivity index (χ3n) is 2.91. The van der Waals surface area contributed by atoms with Crippen LogP contribution in [-0.4, -0.2) is 35.8 Å². The molecule has 0 bridgehead atoms. The molecule has 84 valence electrons. The van der Waals surface area contributed by atoms with E-state index >= 15 is 0 Å². The van der Waals surface area contributed by atoms with Gasteiger partial charge in [-0.15, -0.1) is 0 Å². The van der Waals surface area contributed by atoms with E-state index < -0.39 is 12.2 Å². The Morgan fingerprint density at radius 1 is 1.53 bits per heavy atom. The topological polar surface area (TPSA) is 55.8 Å². The first-order valence-electron chi connectivity index (χ1n) is 5.40. The molecule has 0 N–H and O–H groups in total. The van der Waals surface area contributed by atoms with Crippen molar-refractivity contribution in [2.75, 3.05) is 6.61 Å². The van der Waals surface area contributed by atoms with Crippen LogP contribution in [0.1, 0.15) is 32.6 Å². The minimum absolute atomic E-state index is 0.106. The Morgan fingerprint density at radius 3 is 3.00 bits per heavy atom. The quantitative estimate of drug-likeness (QED) is 0.667. The van der Waals surface area contributed by atoms with Gasteiger partial charge in [-0.1, -0.05) is 6.42 Å². The number of carbonyl (C=O) groups excluding carboxylic acids is 2. The predicted molar refractivity (Wildman–Crippen MR) is 51.4 cm³/mol. The molecular formula is C10H15NO4. The zero-order valence-corrected chi connectivity index (χ0v) is 8.77. The van der Waals surface area contributed by atoms with E-state index in [2.05, 4.69) is 0 Å². The maximum Gasteiger partial charge on any atom is 0.420 e. The summed E-state index contributed by atoms with van der Waals surface area (Å²) in [5.74, 6) is 0. The number of imide groups is 1. The van der Waals surface area contributed by atoms with Crippen LogP contribution in [0.2, 0.25) is 0 Å². The number of rotatable bonds is 1. The molecule has 2 atom stereocenters. The number of hydrogen-bond donors (Lipinski definition) is 0. The number of hydrogen-bond acceptors (Lipinski definition) is 4. The minimum atomic E-state index is -0.572. The van der Waals surface area contributed by atoms with E-state index in [1.165, 1.54) is 0 Å². The van der Waals surface area contributed by atoms with E-state index in [0.29, 0.717) is 0 Å². The molecule has 0 aromatic rings. The van der Waals surface area contributed by atoms with Crippen LogP contribution in [0.15, 0.2) is 0 Å². The third-order valence-corrected chi connectivity index (χ3v) is 2.91. The first-order chi connectivity index (χ1) is 7.24. The summed E-state index contributed by atoms with van der Waals surface area (Å²) in [5.41, 5.74) is 0. The molecule has 0 aromatic heterocycles. The molecular weight excluding hydrogens is 198 g/mol. The lowest BCUT2D eigenvalue weighted by Crippen LogP contribution is -2.42. The molecule has 0 aromatic carbocycles. The van der Waals surface area contributed by atoms with Crippen LogP contribution in [0.25, 0.3) is 0 Å². The summed E-state index contributed by atoms with van der Waals surface area (Å²) in [6.07, 6.45) is 2.54. The van der Waals surface area contributed by atoms with Crippen LogP contribution in [0.3, 0.4) is 0 Å². The second kappa shape index (κ2) is 4.08. The van der Waals surface area contributed by atoms with Crippen LogP contribution < -0.4 is 0 Å². The molecule has 2 unspecified atom stereocenters. The van der Waals surface area contributed by atoms with Gasteiger partial charge < -0.3 is 9.47 Å². The zero-order chi connectivity index (χ0) is 10.8. The van der Waals surface area contributed by atoms with Crippen molar-refractivity contribution in [3.05, 3.63) is 0 Å². The molecule has 1 saturated heterocycles. The highest BCUT2D eigenvalue weighted by molar-refractivity contribution is 5.89. The highest BCUT2D eigenvalue weighted by atomic mass is 16.6. The monoisotopic (exact) mass is 213 g/mol. The molecule has 1 aliphatic heterocycles. The molecule has 2 aliphatic rings. The van der Waals surface area contributed by atoms with Crippen LogP contribution >= 0.6 is 0 Å². The van der Waals surface area contributed by atoms with E-state index in [4.69, 9.17) is 9.47 Å². The first kappa shape index (κ1) is 10.3. The molecule has 1 saturated carbocycles. The molecule has 0 radical (unpaired) electrons. The van der Waals surface area contributed by atoms with Gasteiger partial charge in [0.2, 0.25) is 0 Å². The van der Waals surface area contributed by atoms with Gasteiger partial charge in [0.1, 0.15) is 6.10 Å². The lowest BCUT2D eigenvalue weighted by atomic mass is 9.92. The molecule has 0 spiro atoms. The second-order valence-corrected chi connectivity index (χ2v) is 3.84. The molecule has 1 aliphatic carbocycles. The van der Waals surface area contributed by atoms with Crippen LogP contribution in [0.5, 0.6) is 0 Å². The fourth-order valence-electron chi connectivity index (χ4n) is 2.23. The Balaban J connectivity index is 2.09. The average molecular weight is 213 g/mol. The van der Waals surface area contributed by atoms with Gasteiger partial charge in [0, 0.05) is 0 Å². The number of carbonyl (C=O) groups is 2. The highest BCUT2D eigenvalue weighted by Crippen LogP contribution is 2.32. The minimum Gasteiger partial charge on any atom is -0.449 e. The number of ether oxygens (including phenoxy) is 2. The van der Waals surface area contributed by atoms with Gasteiger partial charge in [0.15, 0.2) is 0 Å². The maximum absolute atomic E-state index is 11.5. The molecule has 1 heterocycles. The van der Waals surface area contributed by atoms with Crippen LogP contribution in [-0.2, 0) is 9.47 Å². The summed E-state index contributed by atoms with van der Waals surface area (Å²) in [7, 11) is 0. The van der Waals surface area contributed by atoms with Gasteiger partial charge in [-0.05, 0) is 26.2 Å². The Morgan fingerprint density at radius 2 is 2.27 bits per heavy atom. The van der Waals surface area contributed by atoms with E-state index in [9.17, 15) is 9.59 Å². The predicted octanol–water partition coefficient (Wildman–Crippen LogP) is 1.91. The number of amides is 2. The van der Waals surface area contributed by atoms with Crippen molar-refractivity contribution in [3.63, 3.8) is 0 Å². The van der Waals surface area contributed by atoms with Crippen molar-refractivity contribution in [2.24, 2.45) is 0 Å². The second-order valence-electron chi connectivity index (χ2n) is 3.84. The Bertz CT molecular complexity index is 279. The average Bonchev–Trinajstić information content (AvgIpc) is 2.54. The zero-order valence-electron chi connectivity index (χ0n) is 8.77. The highest BCUT2D eigenvalue weighted by Gasteiger charge is 2.46. The third kappa shape index (κ3) is 1.78. The van der Waals surface area contributed by atoms with Crippen LogP contribution in [0, 0.1) is 0 Å². The Kier molecular flexibility index (Phi) is 2.79. The van der Waals surface area contributed by atoms with E-state index in [0.717, 1.165) is 30.6 Å². The van der Waals surface area contributed by atoms with Crippen LogP contribution in [0.4, 0.5) is 9.59 Å².